The molecule has 1 aliphatic rings. The Labute approximate surface area is 144 Å². The Kier molecular flexibility index (Phi) is 4.58. The zero-order chi connectivity index (χ0) is 18.7. The Bertz CT molecular complexity index is 835. The number of amidine groups is 2. The minimum atomic E-state index is -4.46. The van der Waals surface area contributed by atoms with Gasteiger partial charge >= 0.3 is 6.18 Å². The van der Waals surface area contributed by atoms with Crippen LogP contribution in [-0.4, -0.2) is 33.2 Å². The number of hydroxylamine groups is 1. The van der Waals surface area contributed by atoms with E-state index in [0.717, 1.165) is 12.3 Å². The highest BCUT2D eigenvalue weighted by molar-refractivity contribution is 5.97. The number of pyridine rings is 2. The van der Waals surface area contributed by atoms with Crippen molar-refractivity contribution < 1.29 is 23.2 Å². The van der Waals surface area contributed by atoms with Crippen LogP contribution in [0.5, 0.6) is 0 Å². The van der Waals surface area contributed by atoms with E-state index in [2.05, 4.69) is 30.9 Å². The molecule has 0 fully saturated rings. The van der Waals surface area contributed by atoms with Crippen LogP contribution in [-0.2, 0) is 11.0 Å². The van der Waals surface area contributed by atoms with Crippen molar-refractivity contribution in [2.75, 3.05) is 5.32 Å². The van der Waals surface area contributed by atoms with Gasteiger partial charge in [0.1, 0.15) is 11.4 Å². The number of nitrogens with zero attached hydrogens (tertiary/aromatic N) is 4. The summed E-state index contributed by atoms with van der Waals surface area (Å²) in [6.07, 6.45) is -3.16. The molecule has 0 radical (unpaired) electrons. The fourth-order valence-corrected chi connectivity index (χ4v) is 1.99. The highest BCUT2D eigenvalue weighted by atomic mass is 19.4. The van der Waals surface area contributed by atoms with Gasteiger partial charge in [-0.1, -0.05) is 5.16 Å². The summed E-state index contributed by atoms with van der Waals surface area (Å²) in [6, 6.07) is 5.21. The molecule has 0 saturated carbocycles. The second kappa shape index (κ2) is 6.84. The first-order valence-electron chi connectivity index (χ1n) is 7.10. The monoisotopic (exact) mass is 367 g/mol. The van der Waals surface area contributed by atoms with E-state index in [1.165, 1.54) is 18.3 Å². The molecule has 3 heterocycles. The Balaban J connectivity index is 1.68. The average Bonchev–Trinajstić information content (AvgIpc) is 3.09. The summed E-state index contributed by atoms with van der Waals surface area (Å²) in [4.78, 5) is 17.0. The number of nitrogens with one attached hydrogen (secondary N) is 2. The summed E-state index contributed by atoms with van der Waals surface area (Å²) in [6.45, 7) is 0. The molecule has 3 rings (SSSR count). The summed E-state index contributed by atoms with van der Waals surface area (Å²) < 4.78 is 37.6. The first-order chi connectivity index (χ1) is 12.4. The highest BCUT2D eigenvalue weighted by Crippen LogP contribution is 2.28. The maximum atomic E-state index is 12.5. The normalized spacial score (nSPS) is 17.6. The van der Waals surface area contributed by atoms with E-state index in [4.69, 9.17) is 15.8 Å². The molecule has 1 atom stereocenters. The van der Waals surface area contributed by atoms with Crippen LogP contribution in [0.25, 0.3) is 0 Å². The molecule has 0 bridgehead atoms. The minimum absolute atomic E-state index is 0.135. The van der Waals surface area contributed by atoms with Crippen molar-refractivity contribution in [3.8, 4) is 0 Å². The molecule has 5 N–H and O–H groups in total. The second-order valence-corrected chi connectivity index (χ2v) is 5.04. The van der Waals surface area contributed by atoms with Crippen LogP contribution in [0, 0.1) is 0 Å². The van der Waals surface area contributed by atoms with Crippen LogP contribution in [0.4, 0.5) is 18.9 Å². The molecule has 0 aromatic carbocycles. The minimum Gasteiger partial charge on any atom is -0.409 e. The first kappa shape index (κ1) is 17.4. The molecule has 26 heavy (non-hydrogen) atoms. The number of aliphatic imine (C=N–C) groups is 1. The molecule has 9 nitrogen and oxygen atoms in total. The molecule has 0 saturated heterocycles. The lowest BCUT2D eigenvalue weighted by atomic mass is 10.2. The lowest BCUT2D eigenvalue weighted by Crippen LogP contribution is -2.23. The van der Waals surface area contributed by atoms with Gasteiger partial charge in [-0.05, 0) is 24.3 Å². The molecule has 1 unspecified atom stereocenters. The van der Waals surface area contributed by atoms with E-state index in [1.807, 2.05) is 0 Å². The lowest BCUT2D eigenvalue weighted by molar-refractivity contribution is -0.137. The zero-order valence-electron chi connectivity index (χ0n) is 12.9. The molecule has 0 spiro atoms. The van der Waals surface area contributed by atoms with E-state index in [9.17, 15) is 13.2 Å². The van der Waals surface area contributed by atoms with Crippen molar-refractivity contribution in [2.24, 2.45) is 15.9 Å². The third-order valence-corrected chi connectivity index (χ3v) is 3.27. The lowest BCUT2D eigenvalue weighted by Gasteiger charge is -2.09. The fourth-order valence-electron chi connectivity index (χ4n) is 1.99. The van der Waals surface area contributed by atoms with Crippen LogP contribution < -0.4 is 16.5 Å². The van der Waals surface area contributed by atoms with E-state index >= 15 is 0 Å². The number of anilines is 1. The van der Waals surface area contributed by atoms with Gasteiger partial charge in [0.05, 0.1) is 17.4 Å². The summed E-state index contributed by atoms with van der Waals surface area (Å²) in [5, 5.41) is 14.3. The zero-order valence-corrected chi connectivity index (χ0v) is 12.9. The van der Waals surface area contributed by atoms with Gasteiger partial charge in [-0.3, -0.25) is 9.97 Å². The van der Waals surface area contributed by atoms with Gasteiger partial charge in [-0.25, -0.2) is 15.3 Å². The average molecular weight is 367 g/mol. The van der Waals surface area contributed by atoms with Gasteiger partial charge in [0.2, 0.25) is 0 Å². The molecule has 136 valence electrons. The number of hydrogen-bond acceptors (Lipinski definition) is 8. The summed E-state index contributed by atoms with van der Waals surface area (Å²) >= 11 is 0. The highest BCUT2D eigenvalue weighted by Gasteiger charge is 2.31. The summed E-state index contributed by atoms with van der Waals surface area (Å²) in [7, 11) is 0. The van der Waals surface area contributed by atoms with Crippen molar-refractivity contribution in [3.63, 3.8) is 0 Å². The number of rotatable bonds is 4. The molecule has 0 amide bonds. The quantitative estimate of drug-likeness (QED) is 0.277. The standard InChI is InChI=1S/C14H12F3N7O2/c15-14(16,17)7-1-3-10(19-5-7)12-22-13(26-24-12)21-8-2-4-9(20-6-8)11(18)23-25/h1-6,13,21,25H,(H2,18,23)(H,22,24). The van der Waals surface area contributed by atoms with Gasteiger partial charge < -0.3 is 16.3 Å². The van der Waals surface area contributed by atoms with E-state index < -0.39 is 18.1 Å². The first-order valence-corrected chi connectivity index (χ1v) is 7.10. The van der Waals surface area contributed by atoms with Gasteiger partial charge in [-0.15, -0.1) is 0 Å². The van der Waals surface area contributed by atoms with Gasteiger partial charge in [0, 0.05) is 6.20 Å². The molecule has 2 aromatic heterocycles. The Hall–Kier alpha value is -3.41. The summed E-state index contributed by atoms with van der Waals surface area (Å²) in [5.74, 6) is 0.0430. The number of alkyl halides is 3. The van der Waals surface area contributed by atoms with Gasteiger partial charge in [0.15, 0.2) is 11.7 Å². The van der Waals surface area contributed by atoms with Crippen LogP contribution in [0.3, 0.4) is 0 Å². The SMILES string of the molecule is N/C(=N\O)c1ccc(NC2N=C(c3ccc(C(F)(F)F)cn3)NO2)cn1. The van der Waals surface area contributed by atoms with Crippen LogP contribution >= 0.6 is 0 Å². The third kappa shape index (κ3) is 3.80. The number of aromatic nitrogens is 2. The van der Waals surface area contributed by atoms with E-state index in [1.54, 1.807) is 6.07 Å². The van der Waals surface area contributed by atoms with E-state index in [-0.39, 0.29) is 23.1 Å². The van der Waals surface area contributed by atoms with Crippen LogP contribution in [0.2, 0.25) is 0 Å². The number of hydrogen-bond donors (Lipinski definition) is 4. The van der Waals surface area contributed by atoms with Crippen molar-refractivity contribution >= 4 is 17.4 Å². The predicted octanol–water partition coefficient (Wildman–Crippen LogP) is 1.27. The fraction of sp³-hybridized carbons (Fsp3) is 0.143. The Morgan fingerprint density at radius 3 is 2.62 bits per heavy atom. The number of oxime groups is 1. The molecule has 12 heteroatoms. The maximum Gasteiger partial charge on any atom is 0.417 e. The molecular formula is C14H12F3N7O2. The van der Waals surface area contributed by atoms with E-state index in [0.29, 0.717) is 5.69 Å². The predicted molar refractivity (Wildman–Crippen MR) is 84.2 cm³/mol. The topological polar surface area (TPSA) is 130 Å². The Morgan fingerprint density at radius 1 is 1.23 bits per heavy atom. The molecule has 1 aliphatic heterocycles. The smallest absolute Gasteiger partial charge is 0.409 e. The second-order valence-electron chi connectivity index (χ2n) is 5.04. The maximum absolute atomic E-state index is 12.5. The van der Waals surface area contributed by atoms with Gasteiger partial charge in [-0.2, -0.15) is 13.2 Å². The van der Waals surface area contributed by atoms with Gasteiger partial charge in [0.25, 0.3) is 6.35 Å². The number of halogens is 3. The summed E-state index contributed by atoms with van der Waals surface area (Å²) in [5.41, 5.74) is 8.05. The van der Waals surface area contributed by atoms with Crippen molar-refractivity contribution in [2.45, 2.75) is 12.5 Å². The van der Waals surface area contributed by atoms with Crippen molar-refractivity contribution in [1.29, 1.82) is 0 Å². The van der Waals surface area contributed by atoms with Crippen LogP contribution in [0.15, 0.2) is 46.8 Å². The number of nitrogens with two attached hydrogens (primary N) is 1. The molecular weight excluding hydrogens is 355 g/mol. The largest absolute Gasteiger partial charge is 0.417 e. The van der Waals surface area contributed by atoms with Crippen molar-refractivity contribution in [1.82, 2.24) is 15.4 Å². The Morgan fingerprint density at radius 2 is 2.04 bits per heavy atom. The molecule has 2 aromatic rings. The van der Waals surface area contributed by atoms with Crippen LogP contribution in [0.1, 0.15) is 17.0 Å². The molecule has 0 aliphatic carbocycles. The van der Waals surface area contributed by atoms with Crippen molar-refractivity contribution in [3.05, 3.63) is 53.6 Å². The third-order valence-electron chi connectivity index (χ3n) is 3.27.